The average molecular weight is 186 g/mol. The zero-order valence-corrected chi connectivity index (χ0v) is 7.02. The van der Waals surface area contributed by atoms with Crippen LogP contribution in [0.2, 0.25) is 5.02 Å². The fourth-order valence-electron chi connectivity index (χ4n) is 0.819. The van der Waals surface area contributed by atoms with Gasteiger partial charge in [-0.2, -0.15) is 4.99 Å². The normalized spacial score (nSPS) is 9.25. The van der Waals surface area contributed by atoms with E-state index in [1.165, 1.54) is 12.1 Å². The fraction of sp³-hybridized carbons (Fsp3) is 0.125. The first kappa shape index (κ1) is 8.91. The first-order valence-corrected chi connectivity index (χ1v) is 3.57. The van der Waals surface area contributed by atoms with E-state index in [0.29, 0.717) is 5.56 Å². The second-order valence-electron chi connectivity index (χ2n) is 2.23. The molecule has 0 heterocycles. The topological polar surface area (TPSA) is 29.4 Å². The third kappa shape index (κ3) is 1.52. The molecule has 0 N–H and O–H groups in total. The Morgan fingerprint density at radius 1 is 1.58 bits per heavy atom. The van der Waals surface area contributed by atoms with Crippen LogP contribution in [0.1, 0.15) is 5.56 Å². The molecule has 0 aromatic heterocycles. The summed E-state index contributed by atoms with van der Waals surface area (Å²) in [5.41, 5.74) is 0.512. The van der Waals surface area contributed by atoms with Gasteiger partial charge in [-0.25, -0.2) is 9.18 Å². The third-order valence-corrected chi connectivity index (χ3v) is 1.72. The zero-order valence-electron chi connectivity index (χ0n) is 6.27. The molecule has 0 aliphatic carbocycles. The number of aryl methyl sites for hydroxylation is 1. The number of hydrogen-bond acceptors (Lipinski definition) is 2. The predicted molar refractivity (Wildman–Crippen MR) is 43.9 cm³/mol. The van der Waals surface area contributed by atoms with E-state index in [9.17, 15) is 9.18 Å². The molecule has 2 nitrogen and oxygen atoms in total. The van der Waals surface area contributed by atoms with Crippen LogP contribution in [-0.4, -0.2) is 6.08 Å². The molecule has 0 fully saturated rings. The van der Waals surface area contributed by atoms with Crippen molar-refractivity contribution in [1.82, 2.24) is 0 Å². The number of aliphatic imine (C=N–C) groups is 1. The van der Waals surface area contributed by atoms with Gasteiger partial charge in [-0.3, -0.25) is 0 Å². The molecule has 1 aromatic carbocycles. The molecule has 1 rings (SSSR count). The highest BCUT2D eigenvalue weighted by Gasteiger charge is 2.08. The SMILES string of the molecule is Cc1ccc(Cl)c(F)c1N=C=O. The van der Waals surface area contributed by atoms with Crippen LogP contribution in [0.3, 0.4) is 0 Å². The van der Waals surface area contributed by atoms with Gasteiger partial charge in [0, 0.05) is 0 Å². The number of benzene rings is 1. The molecule has 0 aliphatic heterocycles. The molecule has 12 heavy (non-hydrogen) atoms. The summed E-state index contributed by atoms with van der Waals surface area (Å²) in [7, 11) is 0. The predicted octanol–water partition coefficient (Wildman–Crippen LogP) is 2.75. The van der Waals surface area contributed by atoms with E-state index in [0.717, 1.165) is 0 Å². The summed E-state index contributed by atoms with van der Waals surface area (Å²) in [5.74, 6) is -0.681. The van der Waals surface area contributed by atoms with E-state index in [1.54, 1.807) is 13.0 Å². The molecule has 0 saturated carbocycles. The lowest BCUT2D eigenvalue weighted by Gasteiger charge is -2.00. The van der Waals surface area contributed by atoms with Crippen molar-refractivity contribution < 1.29 is 9.18 Å². The van der Waals surface area contributed by atoms with Crippen LogP contribution in [0.15, 0.2) is 17.1 Å². The van der Waals surface area contributed by atoms with Gasteiger partial charge in [0.25, 0.3) is 0 Å². The van der Waals surface area contributed by atoms with Crippen LogP contribution in [0.4, 0.5) is 10.1 Å². The van der Waals surface area contributed by atoms with Gasteiger partial charge >= 0.3 is 0 Å². The molecule has 0 amide bonds. The van der Waals surface area contributed by atoms with Crippen molar-refractivity contribution in [3.05, 3.63) is 28.5 Å². The smallest absolute Gasteiger partial charge is 0.211 e. The highest BCUT2D eigenvalue weighted by molar-refractivity contribution is 6.31. The van der Waals surface area contributed by atoms with Gasteiger partial charge in [0.15, 0.2) is 5.82 Å². The van der Waals surface area contributed by atoms with Gasteiger partial charge < -0.3 is 0 Å². The van der Waals surface area contributed by atoms with Crippen LogP contribution in [-0.2, 0) is 4.79 Å². The second-order valence-corrected chi connectivity index (χ2v) is 2.64. The van der Waals surface area contributed by atoms with Gasteiger partial charge in [-0.05, 0) is 18.6 Å². The Balaban J connectivity index is 3.42. The number of halogens is 2. The molecule has 1 aromatic rings. The van der Waals surface area contributed by atoms with E-state index in [-0.39, 0.29) is 10.7 Å². The van der Waals surface area contributed by atoms with Gasteiger partial charge in [0.1, 0.15) is 5.69 Å². The average Bonchev–Trinajstić information content (AvgIpc) is 2.06. The Kier molecular flexibility index (Phi) is 2.58. The molecular weight excluding hydrogens is 181 g/mol. The van der Waals surface area contributed by atoms with Gasteiger partial charge in [-0.1, -0.05) is 17.7 Å². The van der Waals surface area contributed by atoms with Gasteiger partial charge in [0.2, 0.25) is 6.08 Å². The van der Waals surface area contributed by atoms with E-state index >= 15 is 0 Å². The maximum Gasteiger partial charge on any atom is 0.240 e. The molecule has 0 saturated heterocycles. The van der Waals surface area contributed by atoms with Crippen LogP contribution in [0, 0.1) is 12.7 Å². The molecule has 4 heteroatoms. The molecule has 62 valence electrons. The van der Waals surface area contributed by atoms with Crippen molar-refractivity contribution in [3.8, 4) is 0 Å². The summed E-state index contributed by atoms with van der Waals surface area (Å²) in [6.45, 7) is 1.63. The Morgan fingerprint density at radius 3 is 2.83 bits per heavy atom. The summed E-state index contributed by atoms with van der Waals surface area (Å²) in [5, 5.41) is -0.0467. The maximum absolute atomic E-state index is 13.0. The quantitative estimate of drug-likeness (QED) is 0.489. The van der Waals surface area contributed by atoms with Crippen molar-refractivity contribution in [2.75, 3.05) is 0 Å². The highest BCUT2D eigenvalue weighted by atomic mass is 35.5. The molecule has 0 unspecified atom stereocenters. The molecule has 0 spiro atoms. The molecular formula is C8H5ClFNO. The first-order valence-electron chi connectivity index (χ1n) is 3.19. The maximum atomic E-state index is 13.0. The number of nitrogens with zero attached hydrogens (tertiary/aromatic N) is 1. The van der Waals surface area contributed by atoms with Crippen LogP contribution >= 0.6 is 11.6 Å². The zero-order chi connectivity index (χ0) is 9.14. The molecule has 0 bridgehead atoms. The second kappa shape index (κ2) is 3.48. The van der Waals surface area contributed by atoms with Crippen molar-refractivity contribution >= 4 is 23.4 Å². The minimum atomic E-state index is -0.681. The monoisotopic (exact) mass is 185 g/mol. The lowest BCUT2D eigenvalue weighted by atomic mass is 10.2. The Hall–Kier alpha value is -1.18. The van der Waals surface area contributed by atoms with E-state index in [2.05, 4.69) is 4.99 Å². The Morgan fingerprint density at radius 2 is 2.25 bits per heavy atom. The first-order chi connectivity index (χ1) is 5.66. The molecule has 0 atom stereocenters. The summed E-state index contributed by atoms with van der Waals surface area (Å²) in [4.78, 5) is 13.1. The van der Waals surface area contributed by atoms with Crippen molar-refractivity contribution in [2.24, 2.45) is 4.99 Å². The third-order valence-electron chi connectivity index (χ3n) is 1.43. The van der Waals surface area contributed by atoms with Gasteiger partial charge in [-0.15, -0.1) is 0 Å². The standard InChI is InChI=1S/C8H5ClFNO/c1-5-2-3-6(9)7(10)8(5)11-4-12/h2-3H,1H3. The van der Waals surface area contributed by atoms with Crippen molar-refractivity contribution in [2.45, 2.75) is 6.92 Å². The number of isocyanates is 1. The van der Waals surface area contributed by atoms with Crippen LogP contribution in [0.5, 0.6) is 0 Å². The number of rotatable bonds is 1. The van der Waals surface area contributed by atoms with Crippen LogP contribution < -0.4 is 0 Å². The van der Waals surface area contributed by atoms with E-state index in [4.69, 9.17) is 11.6 Å². The highest BCUT2D eigenvalue weighted by Crippen LogP contribution is 2.27. The lowest BCUT2D eigenvalue weighted by molar-refractivity contribution is 0.564. The summed E-state index contributed by atoms with van der Waals surface area (Å²) >= 11 is 5.46. The number of hydrogen-bond donors (Lipinski definition) is 0. The molecule has 0 radical (unpaired) electrons. The van der Waals surface area contributed by atoms with Crippen molar-refractivity contribution in [1.29, 1.82) is 0 Å². The van der Waals surface area contributed by atoms with E-state index < -0.39 is 5.82 Å². The summed E-state index contributed by atoms with van der Waals surface area (Å²) in [6, 6.07) is 3.00. The Bertz CT molecular complexity index is 358. The molecule has 0 aliphatic rings. The summed E-state index contributed by atoms with van der Waals surface area (Å²) in [6.07, 6.45) is 1.27. The van der Waals surface area contributed by atoms with E-state index in [1.807, 2.05) is 0 Å². The Labute approximate surface area is 73.7 Å². The lowest BCUT2D eigenvalue weighted by Crippen LogP contribution is -1.82. The summed E-state index contributed by atoms with van der Waals surface area (Å²) < 4.78 is 13.0. The fourth-order valence-corrected chi connectivity index (χ4v) is 0.972. The number of carbonyl (C=O) groups excluding carboxylic acids is 1. The largest absolute Gasteiger partial charge is 0.240 e. The van der Waals surface area contributed by atoms with Crippen LogP contribution in [0.25, 0.3) is 0 Å². The van der Waals surface area contributed by atoms with Gasteiger partial charge in [0.05, 0.1) is 5.02 Å². The van der Waals surface area contributed by atoms with Crippen molar-refractivity contribution in [3.63, 3.8) is 0 Å². The minimum Gasteiger partial charge on any atom is -0.211 e. The minimum absolute atomic E-state index is 0.0440.